The van der Waals surface area contributed by atoms with Crippen LogP contribution >= 0.6 is 0 Å². The fourth-order valence-electron chi connectivity index (χ4n) is 5.26. The summed E-state index contributed by atoms with van der Waals surface area (Å²) in [5.74, 6) is -4.04. The number of rotatable bonds is 9. The van der Waals surface area contributed by atoms with Crippen molar-refractivity contribution in [3.05, 3.63) is 35.5 Å². The molecule has 4 amide bonds. The highest BCUT2D eigenvalue weighted by Crippen LogP contribution is 2.45. The molecule has 4 N–H and O–H groups in total. The van der Waals surface area contributed by atoms with Gasteiger partial charge in [0.1, 0.15) is 12.1 Å². The molecule has 0 radical (unpaired) electrons. The van der Waals surface area contributed by atoms with E-state index in [0.29, 0.717) is 18.7 Å². The summed E-state index contributed by atoms with van der Waals surface area (Å²) < 4.78 is 0. The zero-order chi connectivity index (χ0) is 26.4. The summed E-state index contributed by atoms with van der Waals surface area (Å²) in [6.07, 6.45) is -0.116. The lowest BCUT2D eigenvalue weighted by molar-refractivity contribution is -0.144. The average molecular weight is 499 g/mol. The van der Waals surface area contributed by atoms with Crippen LogP contribution in [0.25, 0.3) is 10.9 Å². The summed E-state index contributed by atoms with van der Waals surface area (Å²) in [5, 5.41) is 21.7. The highest BCUT2D eigenvalue weighted by Gasteiger charge is 2.60. The van der Waals surface area contributed by atoms with Crippen LogP contribution in [0.4, 0.5) is 4.79 Å². The molecule has 0 saturated carbocycles. The maximum atomic E-state index is 13.9. The van der Waals surface area contributed by atoms with E-state index >= 15 is 0 Å². The van der Waals surface area contributed by atoms with Crippen molar-refractivity contribution in [2.75, 3.05) is 6.54 Å². The van der Waals surface area contributed by atoms with Gasteiger partial charge in [0, 0.05) is 23.9 Å². The molecule has 1 aromatic heterocycles. The number of hydrogen-bond acceptors (Lipinski definition) is 5. The zero-order valence-corrected chi connectivity index (χ0v) is 20.4. The van der Waals surface area contributed by atoms with Crippen molar-refractivity contribution in [1.29, 1.82) is 0 Å². The lowest BCUT2D eigenvalue weighted by Gasteiger charge is -2.36. The number of carbonyl (C=O) groups is 5. The number of amides is 4. The van der Waals surface area contributed by atoms with Gasteiger partial charge in [0.25, 0.3) is 5.91 Å². The fraction of sp³-hybridized carbons (Fsp3) is 0.480. The van der Waals surface area contributed by atoms with Crippen molar-refractivity contribution in [2.45, 2.75) is 64.1 Å². The number of aromatic amines is 1. The predicted molar refractivity (Wildman–Crippen MR) is 128 cm³/mol. The number of nitrogens with one attached hydrogen (secondary N) is 2. The Bertz CT molecular complexity index is 1250. The molecule has 192 valence electrons. The number of urea groups is 1. The Kier molecular flexibility index (Phi) is 6.50. The molecular weight excluding hydrogens is 468 g/mol. The van der Waals surface area contributed by atoms with E-state index in [9.17, 15) is 29.1 Å². The first-order valence-corrected chi connectivity index (χ1v) is 12.0. The van der Waals surface area contributed by atoms with Crippen molar-refractivity contribution in [3.63, 3.8) is 0 Å². The van der Waals surface area contributed by atoms with Crippen LogP contribution in [0.5, 0.6) is 0 Å². The Morgan fingerprint density at radius 3 is 2.50 bits per heavy atom. The van der Waals surface area contributed by atoms with E-state index < -0.39 is 53.8 Å². The SMILES string of the molecule is CC(C)CC(C(=O)NC(CCC(=O)O)C(=O)O)N1C(=O)N2CCc3c([nH]c4ccccc34)C2(C)C1=O. The Labute approximate surface area is 207 Å². The molecule has 3 atom stereocenters. The second-order valence-corrected chi connectivity index (χ2v) is 9.93. The van der Waals surface area contributed by atoms with Gasteiger partial charge in [-0.25, -0.2) is 14.5 Å². The van der Waals surface area contributed by atoms with Crippen molar-refractivity contribution in [1.82, 2.24) is 20.1 Å². The summed E-state index contributed by atoms with van der Waals surface area (Å²) in [5.41, 5.74) is 1.08. The van der Waals surface area contributed by atoms with Gasteiger partial charge in [0.15, 0.2) is 5.54 Å². The van der Waals surface area contributed by atoms with E-state index in [0.717, 1.165) is 21.4 Å². The van der Waals surface area contributed by atoms with E-state index in [4.69, 9.17) is 5.11 Å². The van der Waals surface area contributed by atoms with Gasteiger partial charge in [-0.05, 0) is 43.7 Å². The number of hydrogen-bond donors (Lipinski definition) is 4. The molecule has 2 aromatic rings. The quantitative estimate of drug-likeness (QED) is 0.385. The van der Waals surface area contributed by atoms with E-state index in [-0.39, 0.29) is 18.8 Å². The highest BCUT2D eigenvalue weighted by atomic mass is 16.4. The van der Waals surface area contributed by atoms with Crippen LogP contribution in [0, 0.1) is 5.92 Å². The monoisotopic (exact) mass is 498 g/mol. The highest BCUT2D eigenvalue weighted by molar-refractivity contribution is 6.11. The van der Waals surface area contributed by atoms with Crippen LogP contribution in [-0.4, -0.2) is 73.4 Å². The van der Waals surface area contributed by atoms with E-state index in [2.05, 4.69) is 10.3 Å². The van der Waals surface area contributed by atoms with Gasteiger partial charge in [-0.1, -0.05) is 32.0 Å². The number of carbonyl (C=O) groups excluding carboxylic acids is 3. The van der Waals surface area contributed by atoms with Crippen LogP contribution in [0.3, 0.4) is 0 Å². The van der Waals surface area contributed by atoms with Crippen LogP contribution in [0.1, 0.15) is 51.3 Å². The number of benzene rings is 1. The molecule has 0 aliphatic carbocycles. The Hall–Kier alpha value is -3.89. The lowest BCUT2D eigenvalue weighted by atomic mass is 9.86. The predicted octanol–water partition coefficient (Wildman–Crippen LogP) is 2.05. The number of aliphatic carboxylic acids is 2. The van der Waals surface area contributed by atoms with Gasteiger partial charge in [0.2, 0.25) is 5.91 Å². The van der Waals surface area contributed by atoms with E-state index in [1.165, 1.54) is 4.90 Å². The number of carboxylic acid groups (broad SMARTS) is 2. The summed E-state index contributed by atoms with van der Waals surface area (Å²) in [6.45, 7) is 5.61. The minimum absolute atomic E-state index is 0.0993. The fourth-order valence-corrected chi connectivity index (χ4v) is 5.26. The molecule has 0 bridgehead atoms. The molecule has 0 spiro atoms. The van der Waals surface area contributed by atoms with Gasteiger partial charge in [-0.2, -0.15) is 0 Å². The van der Waals surface area contributed by atoms with Crippen LogP contribution in [-0.2, 0) is 31.1 Å². The molecule has 1 saturated heterocycles. The molecule has 36 heavy (non-hydrogen) atoms. The molecule has 1 fully saturated rings. The summed E-state index contributed by atoms with van der Waals surface area (Å²) in [6, 6.07) is 4.33. The largest absolute Gasteiger partial charge is 0.481 e. The topological polar surface area (TPSA) is 160 Å². The lowest BCUT2D eigenvalue weighted by Crippen LogP contribution is -2.54. The molecule has 11 nitrogen and oxygen atoms in total. The molecule has 1 aromatic carbocycles. The molecule has 3 unspecified atom stereocenters. The number of fused-ring (bicyclic) bond motifs is 5. The summed E-state index contributed by atoms with van der Waals surface area (Å²) in [4.78, 5) is 69.1. The second kappa shape index (κ2) is 9.29. The molecule has 2 aliphatic rings. The Balaban J connectivity index is 1.69. The van der Waals surface area contributed by atoms with Gasteiger partial charge in [0.05, 0.1) is 5.69 Å². The number of para-hydroxylation sites is 1. The number of aromatic nitrogens is 1. The normalized spacial score (nSPS) is 20.9. The van der Waals surface area contributed by atoms with Gasteiger partial charge < -0.3 is 25.4 Å². The number of carboxylic acids is 2. The average Bonchev–Trinajstić information content (AvgIpc) is 3.28. The smallest absolute Gasteiger partial charge is 0.328 e. The van der Waals surface area contributed by atoms with Gasteiger partial charge >= 0.3 is 18.0 Å². The Morgan fingerprint density at radius 2 is 1.86 bits per heavy atom. The second-order valence-electron chi connectivity index (χ2n) is 9.93. The van der Waals surface area contributed by atoms with Crippen molar-refractivity contribution in [3.8, 4) is 0 Å². The van der Waals surface area contributed by atoms with Crippen molar-refractivity contribution >= 4 is 40.7 Å². The number of imide groups is 1. The maximum Gasteiger partial charge on any atom is 0.328 e. The minimum Gasteiger partial charge on any atom is -0.481 e. The summed E-state index contributed by atoms with van der Waals surface area (Å²) >= 11 is 0. The Morgan fingerprint density at radius 1 is 1.17 bits per heavy atom. The molecule has 4 rings (SSSR count). The van der Waals surface area contributed by atoms with Crippen LogP contribution in [0.2, 0.25) is 0 Å². The molecular formula is C25H30N4O7. The number of nitrogens with zero attached hydrogens (tertiary/aromatic N) is 2. The van der Waals surface area contributed by atoms with E-state index in [1.54, 1.807) is 6.92 Å². The van der Waals surface area contributed by atoms with Gasteiger partial charge in [-0.15, -0.1) is 0 Å². The van der Waals surface area contributed by atoms with Crippen LogP contribution in [0.15, 0.2) is 24.3 Å². The van der Waals surface area contributed by atoms with Crippen LogP contribution < -0.4 is 5.32 Å². The molecule has 11 heteroatoms. The minimum atomic E-state index is -1.46. The third-order valence-electron chi connectivity index (χ3n) is 7.07. The van der Waals surface area contributed by atoms with E-state index in [1.807, 2.05) is 38.1 Å². The third-order valence-corrected chi connectivity index (χ3v) is 7.07. The van der Waals surface area contributed by atoms with Gasteiger partial charge in [-0.3, -0.25) is 14.4 Å². The third kappa shape index (κ3) is 4.08. The standard InChI is InChI=1S/C25H30N4O7/c1-13(2)12-18(21(32)27-17(22(33)34)8-9-19(30)31)29-23(35)25(3)20-15(10-11-28(25)24(29)36)14-6-4-5-7-16(14)26-20/h4-7,13,17-18,26H,8-12H2,1-3H3,(H,27,32)(H,30,31)(H,33,34). The zero-order valence-electron chi connectivity index (χ0n) is 20.4. The van der Waals surface area contributed by atoms with Crippen molar-refractivity contribution < 1.29 is 34.2 Å². The first-order valence-electron chi connectivity index (χ1n) is 12.0. The molecule has 3 heterocycles. The maximum absolute atomic E-state index is 13.9. The number of H-pyrrole nitrogens is 1. The first-order chi connectivity index (χ1) is 17.0. The molecule has 2 aliphatic heterocycles. The first kappa shape index (κ1) is 25.2. The summed E-state index contributed by atoms with van der Waals surface area (Å²) in [7, 11) is 0. The van der Waals surface area contributed by atoms with Crippen molar-refractivity contribution in [2.24, 2.45) is 5.92 Å².